The van der Waals surface area contributed by atoms with Gasteiger partial charge in [-0.05, 0) is 44.5 Å². The Balaban J connectivity index is 1.48. The Labute approximate surface area is 272 Å². The molecular formula is C25H34N8O11PS2+. The van der Waals surface area contributed by atoms with Crippen LogP contribution in [-0.2, 0) is 47.3 Å². The molecular weight excluding hydrogens is 683 g/mol. The van der Waals surface area contributed by atoms with E-state index in [9.17, 15) is 32.4 Å². The van der Waals surface area contributed by atoms with Crippen LogP contribution >= 0.6 is 18.9 Å². The average Bonchev–Trinajstić information content (AvgIpc) is 3.58. The summed E-state index contributed by atoms with van der Waals surface area (Å²) in [5, 5.41) is 7.67. The van der Waals surface area contributed by atoms with Crippen LogP contribution in [0.1, 0.15) is 26.0 Å². The molecule has 1 aliphatic heterocycles. The van der Waals surface area contributed by atoms with Gasteiger partial charge in [-0.2, -0.15) is 18.2 Å². The number of aromatic nitrogens is 3. The van der Waals surface area contributed by atoms with Gasteiger partial charge in [0.05, 0.1) is 23.8 Å². The predicted octanol–water partition coefficient (Wildman–Crippen LogP) is -0.489. The second-order valence-corrected chi connectivity index (χ2v) is 14.4. The number of carbonyl (C=O) groups is 2. The molecule has 1 saturated heterocycles. The fourth-order valence-corrected chi connectivity index (χ4v) is 5.86. The highest BCUT2D eigenvalue weighted by atomic mass is 32.3. The summed E-state index contributed by atoms with van der Waals surface area (Å²) < 4.78 is 57.2. The Morgan fingerprint density at radius 2 is 1.96 bits per heavy atom. The van der Waals surface area contributed by atoms with E-state index in [2.05, 4.69) is 19.7 Å². The highest BCUT2D eigenvalue weighted by Gasteiger charge is 2.58. The molecule has 2 unspecified atom stereocenters. The van der Waals surface area contributed by atoms with Crippen molar-refractivity contribution in [2.45, 2.75) is 44.2 Å². The second-order valence-electron chi connectivity index (χ2n) is 10.8. The number of hydroxylamine groups is 2. The van der Waals surface area contributed by atoms with Gasteiger partial charge in [0, 0.05) is 5.38 Å². The number of carbonyl (C=O) groups excluding carboxylic acids is 2. The van der Waals surface area contributed by atoms with Crippen molar-refractivity contribution in [2.75, 3.05) is 18.9 Å². The first-order valence-electron chi connectivity index (χ1n) is 13.7. The molecule has 0 saturated carbocycles. The lowest BCUT2D eigenvalue weighted by Gasteiger charge is -2.50. The third kappa shape index (κ3) is 8.70. The van der Waals surface area contributed by atoms with Crippen molar-refractivity contribution < 1.29 is 55.5 Å². The zero-order chi connectivity index (χ0) is 34.7. The number of oxime groups is 1. The number of nitrogens with two attached hydrogens (primary N) is 2. The standard InChI is InChI=1S/C25H33N8O11PS2/c1-25(2)21(23(35)33(25)44-47(39,40)41)29-22(34)20(18-14-46-24(27)28-18)30-43-19(45(36,37)38)13-42-17-7-5-15(6-8-17)16-11-31(3)32(12-16)10-4-9-26/h5-8,11-12,14,19,21H,4,9-10,13,26H2,1-3H3,(H5-,27,28,29,34,36,37,38,39,40,41)/p+1/b30-20-. The van der Waals surface area contributed by atoms with Crippen molar-refractivity contribution in [3.63, 3.8) is 0 Å². The molecule has 1 aromatic carbocycles. The van der Waals surface area contributed by atoms with Crippen molar-refractivity contribution in [2.24, 2.45) is 17.9 Å². The second kappa shape index (κ2) is 14.0. The van der Waals surface area contributed by atoms with Gasteiger partial charge < -0.3 is 36.1 Å². The van der Waals surface area contributed by atoms with Gasteiger partial charge in [-0.25, -0.2) is 4.98 Å². The number of nitrogen functional groups attached to an aromatic ring is 1. The van der Waals surface area contributed by atoms with Crippen LogP contribution in [-0.4, -0.2) is 85.6 Å². The number of amides is 2. The molecule has 2 atom stereocenters. The van der Waals surface area contributed by atoms with E-state index in [-0.39, 0.29) is 16.6 Å². The highest BCUT2D eigenvalue weighted by molar-refractivity contribution is 7.80. The molecule has 3 heterocycles. The van der Waals surface area contributed by atoms with Crippen LogP contribution in [0.5, 0.6) is 5.75 Å². The van der Waals surface area contributed by atoms with Crippen molar-refractivity contribution in [3.05, 3.63) is 47.7 Å². The van der Waals surface area contributed by atoms with Gasteiger partial charge >= 0.3 is 18.0 Å². The molecule has 0 spiro atoms. The number of ether oxygens (including phenoxy) is 1. The third-order valence-corrected chi connectivity index (χ3v) is 8.94. The molecule has 1 aliphatic rings. The van der Waals surface area contributed by atoms with E-state index in [0.29, 0.717) is 11.6 Å². The summed E-state index contributed by atoms with van der Waals surface area (Å²) in [4.78, 5) is 54.7. The average molecular weight is 718 g/mol. The van der Waals surface area contributed by atoms with Crippen molar-refractivity contribution >= 4 is 52.0 Å². The summed E-state index contributed by atoms with van der Waals surface area (Å²) in [6.45, 7) is 3.31. The first-order chi connectivity index (χ1) is 21.9. The molecule has 2 aromatic heterocycles. The number of hydrogen-bond donors (Lipinski definition) is 6. The SMILES string of the molecule is C[n+]1cc(-c2ccc(OCC(O/N=C(\C(=O)NC3C(=O)N(OS(=O)(=O)O)C3(C)C)c3csc(N)n3)P(=O)(O)O)cc2)cn1CCCN. The third-order valence-electron chi connectivity index (χ3n) is 6.93. The van der Waals surface area contributed by atoms with E-state index in [0.717, 1.165) is 35.4 Å². The maximum Gasteiger partial charge on any atom is 0.418 e. The van der Waals surface area contributed by atoms with Crippen molar-refractivity contribution in [1.82, 2.24) is 20.0 Å². The van der Waals surface area contributed by atoms with Gasteiger partial charge in [-0.1, -0.05) is 17.3 Å². The molecule has 19 nitrogen and oxygen atoms in total. The van der Waals surface area contributed by atoms with Gasteiger partial charge in [0.25, 0.3) is 17.7 Å². The largest absolute Gasteiger partial charge is 0.489 e. The van der Waals surface area contributed by atoms with Crippen LogP contribution in [0.25, 0.3) is 11.1 Å². The van der Waals surface area contributed by atoms with Crippen LogP contribution in [0.2, 0.25) is 0 Å². The van der Waals surface area contributed by atoms with Crippen LogP contribution in [0.15, 0.2) is 47.2 Å². The number of rotatable bonds is 15. The molecule has 1 fully saturated rings. The van der Waals surface area contributed by atoms with E-state index >= 15 is 0 Å². The minimum Gasteiger partial charge on any atom is -0.489 e. The summed E-state index contributed by atoms with van der Waals surface area (Å²) in [5.41, 5.74) is 10.9. The van der Waals surface area contributed by atoms with Crippen molar-refractivity contribution in [1.29, 1.82) is 0 Å². The molecule has 0 radical (unpaired) electrons. The Kier molecular flexibility index (Phi) is 10.7. The Bertz CT molecular complexity index is 1800. The van der Waals surface area contributed by atoms with E-state index in [1.807, 2.05) is 28.8 Å². The monoisotopic (exact) mass is 717 g/mol. The summed E-state index contributed by atoms with van der Waals surface area (Å²) in [5.74, 6) is -3.82. The fourth-order valence-electron chi connectivity index (χ4n) is 4.42. The van der Waals surface area contributed by atoms with Gasteiger partial charge in [0.2, 0.25) is 6.20 Å². The summed E-state index contributed by atoms with van der Waals surface area (Å²) in [7, 11) is -8.17. The first-order valence-corrected chi connectivity index (χ1v) is 17.6. The minimum absolute atomic E-state index is 0.0208. The minimum atomic E-state index is -5.04. The topological polar surface area (TPSA) is 275 Å². The lowest BCUT2D eigenvalue weighted by molar-refractivity contribution is -0.753. The van der Waals surface area contributed by atoms with Crippen molar-refractivity contribution in [3.8, 4) is 16.9 Å². The van der Waals surface area contributed by atoms with E-state index < -0.39 is 59.6 Å². The summed E-state index contributed by atoms with van der Waals surface area (Å²) in [6, 6.07) is 5.38. The van der Waals surface area contributed by atoms with Gasteiger partial charge in [-0.3, -0.25) is 18.7 Å². The number of benzene rings is 1. The maximum atomic E-state index is 13.2. The predicted molar refractivity (Wildman–Crippen MR) is 166 cm³/mol. The molecule has 256 valence electrons. The fraction of sp³-hybridized carbons (Fsp3) is 0.400. The van der Waals surface area contributed by atoms with Crippen LogP contribution < -0.4 is 26.2 Å². The lowest BCUT2D eigenvalue weighted by Crippen LogP contribution is -2.76. The molecule has 22 heteroatoms. The number of anilines is 1. The molecule has 47 heavy (non-hydrogen) atoms. The van der Waals surface area contributed by atoms with Gasteiger partial charge in [0.15, 0.2) is 17.9 Å². The Morgan fingerprint density at radius 1 is 1.28 bits per heavy atom. The molecule has 0 aliphatic carbocycles. The van der Waals surface area contributed by atoms with Crippen LogP contribution in [0.4, 0.5) is 5.13 Å². The number of aryl methyl sites for hydroxylation is 2. The lowest BCUT2D eigenvalue weighted by atomic mass is 9.84. The number of thiazole rings is 1. The smallest absolute Gasteiger partial charge is 0.418 e. The zero-order valence-corrected chi connectivity index (χ0v) is 27.8. The number of β-lactam (4-membered cyclic amide) rings is 1. The molecule has 0 bridgehead atoms. The maximum absolute atomic E-state index is 13.2. The number of hydrogen-bond acceptors (Lipinski definition) is 13. The summed E-state index contributed by atoms with van der Waals surface area (Å²) >= 11 is 0.923. The Morgan fingerprint density at radius 3 is 2.51 bits per heavy atom. The molecule has 8 N–H and O–H groups in total. The van der Waals surface area contributed by atoms with Gasteiger partial charge in [0.1, 0.15) is 24.1 Å². The highest BCUT2D eigenvalue weighted by Crippen LogP contribution is 2.42. The zero-order valence-electron chi connectivity index (χ0n) is 25.3. The van der Waals surface area contributed by atoms with Crippen LogP contribution in [0, 0.1) is 0 Å². The number of nitrogens with zero attached hydrogens (tertiary/aromatic N) is 5. The van der Waals surface area contributed by atoms with Crippen LogP contribution in [0.3, 0.4) is 0 Å². The van der Waals surface area contributed by atoms with E-state index in [1.54, 1.807) is 24.3 Å². The normalized spacial score (nSPS) is 17.3. The van der Waals surface area contributed by atoms with E-state index in [4.69, 9.17) is 25.6 Å². The molecule has 3 aromatic rings. The summed E-state index contributed by atoms with van der Waals surface area (Å²) in [6.07, 6.45) is 4.73. The Hall–Kier alpha value is -3.95. The van der Waals surface area contributed by atoms with Gasteiger partial charge in [-0.15, -0.1) is 20.3 Å². The molecule has 4 rings (SSSR count). The first kappa shape index (κ1) is 35.9. The quantitative estimate of drug-likeness (QED) is 0.0289. The number of nitrogens with one attached hydrogen (secondary N) is 1. The van der Waals surface area contributed by atoms with E-state index in [1.165, 1.54) is 19.2 Å². The molecule has 2 amide bonds.